The fourth-order valence-corrected chi connectivity index (χ4v) is 4.21. The normalized spacial score (nSPS) is 13.1. The van der Waals surface area contributed by atoms with Gasteiger partial charge in [-0.3, -0.25) is 25.8 Å². The van der Waals surface area contributed by atoms with Crippen molar-refractivity contribution in [1.29, 1.82) is 0 Å². The molecule has 1 aromatic carbocycles. The summed E-state index contributed by atoms with van der Waals surface area (Å²) in [4.78, 5) is 41.3. The Labute approximate surface area is 282 Å². The van der Waals surface area contributed by atoms with Crippen LogP contribution in [-0.2, 0) is 32.7 Å². The van der Waals surface area contributed by atoms with Gasteiger partial charge in [0.05, 0.1) is 17.9 Å². The number of carbonyl (C=O) groups is 3. The number of nitrogens with zero attached hydrogens (tertiary/aromatic N) is 3. The summed E-state index contributed by atoms with van der Waals surface area (Å²) in [5.74, 6) is -4.44. The van der Waals surface area contributed by atoms with Crippen LogP contribution in [0, 0.1) is 0 Å². The molecule has 3 N–H and O–H groups in total. The first kappa shape index (κ1) is 39.2. The van der Waals surface area contributed by atoms with E-state index in [1.807, 2.05) is 10.7 Å². The van der Waals surface area contributed by atoms with E-state index in [0.717, 1.165) is 0 Å². The average Bonchev–Trinajstić information content (AvgIpc) is 3.51. The van der Waals surface area contributed by atoms with Gasteiger partial charge < -0.3 is 13.9 Å². The Morgan fingerprint density at radius 1 is 0.940 bits per heavy atom. The molecule has 50 heavy (non-hydrogen) atoms. The Bertz CT molecular complexity index is 1690. The predicted octanol–water partition coefficient (Wildman–Crippen LogP) is 7.17. The largest absolute Gasteiger partial charge is 0.444 e. The molecule has 12 nitrogen and oxygen atoms in total. The van der Waals surface area contributed by atoms with Gasteiger partial charge in [-0.05, 0) is 51.7 Å². The topological polar surface area (TPSA) is 158 Å². The van der Waals surface area contributed by atoms with Crippen LogP contribution in [0.2, 0.25) is 0 Å². The molecule has 2 aromatic heterocycles. The van der Waals surface area contributed by atoms with Crippen LogP contribution in [0.15, 0.2) is 66.1 Å². The lowest BCUT2D eigenvalue weighted by molar-refractivity contribution is -0.299. The molecule has 0 aliphatic carbocycles. The van der Waals surface area contributed by atoms with Crippen LogP contribution in [0.25, 0.3) is 11.6 Å². The second kappa shape index (κ2) is 16.0. The highest BCUT2D eigenvalue weighted by atomic mass is 19.4. The first-order chi connectivity index (χ1) is 23.3. The Morgan fingerprint density at radius 2 is 1.60 bits per heavy atom. The van der Waals surface area contributed by atoms with E-state index >= 15 is 0 Å². The highest BCUT2D eigenvalue weighted by Gasteiger charge is 2.61. The number of amides is 3. The Kier molecular flexibility index (Phi) is 12.5. The van der Waals surface area contributed by atoms with E-state index in [1.54, 1.807) is 23.6 Å². The average molecular weight is 713 g/mol. The van der Waals surface area contributed by atoms with Crippen molar-refractivity contribution >= 4 is 23.6 Å². The molecule has 0 saturated carbocycles. The van der Waals surface area contributed by atoms with Gasteiger partial charge in [0, 0.05) is 6.42 Å². The summed E-state index contributed by atoms with van der Waals surface area (Å²) in [5, 5.41) is 9.19. The Morgan fingerprint density at radius 3 is 2.18 bits per heavy atom. The number of halogens is 6. The number of pyridine rings is 1. The minimum Gasteiger partial charge on any atom is -0.444 e. The smallest absolute Gasteiger partial charge is 0.426 e. The van der Waals surface area contributed by atoms with E-state index in [0.29, 0.717) is 5.56 Å². The number of hydrazine groups is 1. The molecule has 1 unspecified atom stereocenters. The second-order valence-electron chi connectivity index (χ2n) is 11.6. The molecule has 0 spiro atoms. The van der Waals surface area contributed by atoms with Crippen LogP contribution in [0.1, 0.15) is 74.0 Å². The molecule has 18 heteroatoms. The van der Waals surface area contributed by atoms with E-state index in [9.17, 15) is 40.7 Å². The number of benzene rings is 1. The van der Waals surface area contributed by atoms with Crippen LogP contribution in [0.3, 0.4) is 0 Å². The third kappa shape index (κ3) is 10.1. The maximum atomic E-state index is 14.9. The molecule has 0 aliphatic heterocycles. The summed E-state index contributed by atoms with van der Waals surface area (Å²) < 4.78 is 103. The first-order valence-electron chi connectivity index (χ1n) is 14.8. The van der Waals surface area contributed by atoms with Gasteiger partial charge in [-0.1, -0.05) is 42.5 Å². The van der Waals surface area contributed by atoms with Crippen LogP contribution >= 0.6 is 0 Å². The predicted molar refractivity (Wildman–Crippen MR) is 166 cm³/mol. The van der Waals surface area contributed by atoms with Crippen molar-refractivity contribution in [3.63, 3.8) is 0 Å². The standard InChI is InChI=1S/C32H34F6N6O6/c1-6-8-15-22(45)41-42-25(46)23-20(31(33,34)35)17-21(39-28(47)50-29(3,4)5)24(40-23)26-43-44-27(49-26)30(16-9-7-2,32(36,37)38)48-18-19-13-11-10-12-14-19/h6-7,10-14,17H,1-2,8-9,15-16,18H2,3-5H3,(H,39,47)(H,41,45)(H,42,46). The zero-order valence-corrected chi connectivity index (χ0v) is 27.1. The van der Waals surface area contributed by atoms with E-state index < -0.39 is 88.9 Å². The van der Waals surface area contributed by atoms with Crippen molar-refractivity contribution in [3.8, 4) is 11.6 Å². The van der Waals surface area contributed by atoms with Crippen LogP contribution in [0.4, 0.5) is 36.8 Å². The number of hydrogen-bond donors (Lipinski definition) is 3. The van der Waals surface area contributed by atoms with Crippen molar-refractivity contribution in [1.82, 2.24) is 26.0 Å². The number of hydrogen-bond acceptors (Lipinski definition) is 9. The van der Waals surface area contributed by atoms with Gasteiger partial charge in [0.25, 0.3) is 17.7 Å². The number of rotatable bonds is 13. The molecular formula is C32H34F6N6O6. The number of aromatic nitrogens is 3. The number of allylic oxidation sites excluding steroid dienone is 2. The number of anilines is 1. The highest BCUT2D eigenvalue weighted by molar-refractivity contribution is 5.98. The molecule has 0 fully saturated rings. The quantitative estimate of drug-likeness (QED) is 0.0950. The molecule has 3 aromatic rings. The lowest BCUT2D eigenvalue weighted by Gasteiger charge is -2.32. The molecule has 0 aliphatic rings. The Hall–Kier alpha value is -5.26. The molecule has 3 rings (SSSR count). The fraction of sp³-hybridized carbons (Fsp3) is 0.375. The molecule has 1 atom stereocenters. The van der Waals surface area contributed by atoms with Gasteiger partial charge in [-0.25, -0.2) is 9.78 Å². The molecule has 2 heterocycles. The van der Waals surface area contributed by atoms with Gasteiger partial charge in [0.1, 0.15) is 11.3 Å². The van der Waals surface area contributed by atoms with Gasteiger partial charge in [0.2, 0.25) is 11.5 Å². The number of ether oxygens (including phenoxy) is 2. The third-order valence-corrected chi connectivity index (χ3v) is 6.53. The summed E-state index contributed by atoms with van der Waals surface area (Å²) in [5.41, 5.74) is -5.01. The first-order valence-corrected chi connectivity index (χ1v) is 14.8. The summed E-state index contributed by atoms with van der Waals surface area (Å²) in [6.45, 7) is 10.7. The third-order valence-electron chi connectivity index (χ3n) is 6.53. The van der Waals surface area contributed by atoms with Crippen LogP contribution < -0.4 is 16.2 Å². The van der Waals surface area contributed by atoms with Gasteiger partial charge >= 0.3 is 18.4 Å². The zero-order valence-electron chi connectivity index (χ0n) is 27.1. The molecule has 0 saturated heterocycles. The van der Waals surface area contributed by atoms with Gasteiger partial charge in [-0.15, -0.1) is 23.4 Å². The Balaban J connectivity index is 2.22. The SMILES string of the molecule is C=CCCC(=O)NNC(=O)c1nc(-c2nnc(C(CCC=C)(OCc3ccccc3)C(F)(F)F)o2)c(NC(=O)OC(C)(C)C)cc1C(F)(F)F. The zero-order chi connectivity index (χ0) is 37.3. The molecule has 0 radical (unpaired) electrons. The minimum atomic E-state index is -5.28. The summed E-state index contributed by atoms with van der Waals surface area (Å²) in [7, 11) is 0. The van der Waals surface area contributed by atoms with E-state index in [-0.39, 0.29) is 25.3 Å². The fourth-order valence-electron chi connectivity index (χ4n) is 4.21. The van der Waals surface area contributed by atoms with Crippen molar-refractivity contribution < 1.29 is 54.6 Å². The van der Waals surface area contributed by atoms with Gasteiger partial charge in [0.15, 0.2) is 5.69 Å². The molecular weight excluding hydrogens is 678 g/mol. The van der Waals surface area contributed by atoms with Crippen molar-refractivity contribution in [3.05, 3.63) is 84.4 Å². The maximum Gasteiger partial charge on any atom is 0.426 e. The lowest BCUT2D eigenvalue weighted by atomic mass is 9.96. The highest BCUT2D eigenvalue weighted by Crippen LogP contribution is 2.47. The van der Waals surface area contributed by atoms with E-state index in [4.69, 9.17) is 13.9 Å². The van der Waals surface area contributed by atoms with Crippen molar-refractivity contribution in [2.45, 2.75) is 76.6 Å². The number of alkyl halides is 6. The molecule has 0 bridgehead atoms. The minimum absolute atomic E-state index is 0.169. The summed E-state index contributed by atoms with van der Waals surface area (Å²) in [6, 6.07) is 8.13. The van der Waals surface area contributed by atoms with Crippen LogP contribution in [-0.4, -0.2) is 44.9 Å². The second-order valence-corrected chi connectivity index (χ2v) is 11.6. The number of carbonyl (C=O) groups excluding carboxylic acids is 3. The van der Waals surface area contributed by atoms with Crippen molar-refractivity contribution in [2.24, 2.45) is 0 Å². The molecule has 3 amide bonds. The monoisotopic (exact) mass is 712 g/mol. The van der Waals surface area contributed by atoms with Gasteiger partial charge in [-0.2, -0.15) is 26.3 Å². The summed E-state index contributed by atoms with van der Waals surface area (Å²) >= 11 is 0. The van der Waals surface area contributed by atoms with E-state index in [2.05, 4.69) is 28.3 Å². The number of nitrogens with one attached hydrogen (secondary N) is 3. The maximum absolute atomic E-state index is 14.9. The van der Waals surface area contributed by atoms with Crippen molar-refractivity contribution in [2.75, 3.05) is 5.32 Å². The van der Waals surface area contributed by atoms with Crippen LogP contribution in [0.5, 0.6) is 0 Å². The molecule has 270 valence electrons. The lowest BCUT2D eigenvalue weighted by Crippen LogP contribution is -2.45. The van der Waals surface area contributed by atoms with E-state index in [1.165, 1.54) is 45.1 Å². The summed E-state index contributed by atoms with van der Waals surface area (Å²) in [6.07, 6.45) is -10.2.